The molecule has 1 aliphatic heterocycles. The van der Waals surface area contributed by atoms with Gasteiger partial charge >= 0.3 is 5.97 Å². The molecule has 15 heavy (non-hydrogen) atoms. The number of aromatic nitrogens is 2. The fourth-order valence-electron chi connectivity index (χ4n) is 1.48. The predicted octanol–water partition coefficient (Wildman–Crippen LogP) is 0.441. The van der Waals surface area contributed by atoms with E-state index in [1.54, 1.807) is 6.33 Å². The van der Waals surface area contributed by atoms with Gasteiger partial charge < -0.3 is 9.72 Å². The van der Waals surface area contributed by atoms with Crippen LogP contribution in [0.3, 0.4) is 0 Å². The van der Waals surface area contributed by atoms with Crippen LogP contribution < -0.4 is 5.32 Å². The molecule has 0 saturated carbocycles. The van der Waals surface area contributed by atoms with Crippen molar-refractivity contribution in [3.8, 4) is 0 Å². The third-order valence-corrected chi connectivity index (χ3v) is 2.22. The number of imidazole rings is 1. The van der Waals surface area contributed by atoms with Crippen molar-refractivity contribution in [2.75, 3.05) is 7.11 Å². The van der Waals surface area contributed by atoms with Gasteiger partial charge in [-0.2, -0.15) is 0 Å². The highest BCUT2D eigenvalue weighted by molar-refractivity contribution is 5.85. The van der Waals surface area contributed by atoms with E-state index in [4.69, 9.17) is 0 Å². The lowest BCUT2D eigenvalue weighted by Gasteiger charge is -2.20. The Bertz CT molecular complexity index is 329. The number of halogens is 2. The van der Waals surface area contributed by atoms with Crippen LogP contribution in [0.25, 0.3) is 0 Å². The highest BCUT2D eigenvalue weighted by Crippen LogP contribution is 2.12. The number of nitrogens with one attached hydrogen (secondary N) is 2. The molecule has 0 amide bonds. The lowest BCUT2D eigenvalue weighted by molar-refractivity contribution is -0.143. The first-order valence-corrected chi connectivity index (χ1v) is 4.13. The van der Waals surface area contributed by atoms with Crippen molar-refractivity contribution >= 4 is 30.8 Å². The Kier molecular flexibility index (Phi) is 5.64. The molecular formula is C8H13Cl2N3O2. The number of rotatable bonds is 1. The monoisotopic (exact) mass is 253 g/mol. The van der Waals surface area contributed by atoms with Gasteiger partial charge in [0.25, 0.3) is 0 Å². The van der Waals surface area contributed by atoms with Gasteiger partial charge in [0.15, 0.2) is 0 Å². The molecule has 1 atom stereocenters. The van der Waals surface area contributed by atoms with Gasteiger partial charge in [-0.3, -0.25) is 10.1 Å². The molecular weight excluding hydrogens is 241 g/mol. The van der Waals surface area contributed by atoms with Gasteiger partial charge in [0, 0.05) is 13.0 Å². The Hall–Kier alpha value is -0.780. The maximum Gasteiger partial charge on any atom is 0.323 e. The van der Waals surface area contributed by atoms with Gasteiger partial charge in [0.1, 0.15) is 6.04 Å². The Morgan fingerprint density at radius 2 is 2.33 bits per heavy atom. The number of esters is 1. The average molecular weight is 254 g/mol. The molecule has 1 aliphatic rings. The minimum Gasteiger partial charge on any atom is -0.468 e. The van der Waals surface area contributed by atoms with E-state index in [0.717, 1.165) is 11.4 Å². The van der Waals surface area contributed by atoms with E-state index in [-0.39, 0.29) is 36.8 Å². The molecule has 0 spiro atoms. The summed E-state index contributed by atoms with van der Waals surface area (Å²) in [5.41, 5.74) is 2.01. The number of carbonyl (C=O) groups excluding carboxylic acids is 1. The fraction of sp³-hybridized carbons (Fsp3) is 0.500. The Morgan fingerprint density at radius 1 is 1.60 bits per heavy atom. The van der Waals surface area contributed by atoms with Crippen molar-refractivity contribution in [3.05, 3.63) is 17.7 Å². The van der Waals surface area contributed by atoms with Crippen LogP contribution in [0.4, 0.5) is 0 Å². The number of fused-ring (bicyclic) bond motifs is 1. The first-order chi connectivity index (χ1) is 6.31. The lowest BCUT2D eigenvalue weighted by atomic mass is 10.1. The normalized spacial score (nSPS) is 18.1. The molecule has 0 fully saturated rings. The largest absolute Gasteiger partial charge is 0.468 e. The Morgan fingerprint density at radius 3 is 3.00 bits per heavy atom. The third-order valence-electron chi connectivity index (χ3n) is 2.22. The van der Waals surface area contributed by atoms with Crippen molar-refractivity contribution in [3.63, 3.8) is 0 Å². The summed E-state index contributed by atoms with van der Waals surface area (Å²) in [4.78, 5) is 18.3. The van der Waals surface area contributed by atoms with Gasteiger partial charge in [0.2, 0.25) is 0 Å². The van der Waals surface area contributed by atoms with Crippen LogP contribution in [-0.4, -0.2) is 29.1 Å². The molecule has 5 nitrogen and oxygen atoms in total. The average Bonchev–Trinajstić information content (AvgIpc) is 2.63. The van der Waals surface area contributed by atoms with E-state index in [1.807, 2.05) is 0 Å². The quantitative estimate of drug-likeness (QED) is 0.714. The zero-order chi connectivity index (χ0) is 9.26. The van der Waals surface area contributed by atoms with Crippen LogP contribution in [0.1, 0.15) is 11.4 Å². The van der Waals surface area contributed by atoms with Crippen LogP contribution in [0.15, 0.2) is 6.33 Å². The van der Waals surface area contributed by atoms with Gasteiger partial charge in [-0.15, -0.1) is 24.8 Å². The summed E-state index contributed by atoms with van der Waals surface area (Å²) in [6.07, 6.45) is 2.25. The summed E-state index contributed by atoms with van der Waals surface area (Å²) in [5, 5.41) is 3.07. The van der Waals surface area contributed by atoms with Crippen molar-refractivity contribution in [2.24, 2.45) is 0 Å². The molecule has 1 aromatic heterocycles. The van der Waals surface area contributed by atoms with Crippen LogP contribution >= 0.6 is 24.8 Å². The summed E-state index contributed by atoms with van der Waals surface area (Å²) in [6.45, 7) is 0.648. The molecule has 0 radical (unpaired) electrons. The van der Waals surface area contributed by atoms with Crippen LogP contribution in [-0.2, 0) is 22.5 Å². The minimum absolute atomic E-state index is 0. The van der Waals surface area contributed by atoms with Gasteiger partial charge in [0.05, 0.1) is 24.8 Å². The molecule has 2 heterocycles. The van der Waals surface area contributed by atoms with E-state index >= 15 is 0 Å². The number of nitrogens with zero attached hydrogens (tertiary/aromatic N) is 1. The Balaban J connectivity index is 0.000000980. The molecule has 2 N–H and O–H groups in total. The second-order valence-corrected chi connectivity index (χ2v) is 2.99. The maximum absolute atomic E-state index is 11.2. The number of hydrogen-bond donors (Lipinski definition) is 2. The van der Waals surface area contributed by atoms with E-state index in [1.165, 1.54) is 7.11 Å². The number of hydrogen-bond acceptors (Lipinski definition) is 4. The van der Waals surface area contributed by atoms with Crippen molar-refractivity contribution in [1.82, 2.24) is 15.3 Å². The number of carbonyl (C=O) groups is 1. The van der Waals surface area contributed by atoms with Gasteiger partial charge in [-0.1, -0.05) is 0 Å². The molecule has 86 valence electrons. The fourth-order valence-corrected chi connectivity index (χ4v) is 1.48. The summed E-state index contributed by atoms with van der Waals surface area (Å²) in [5.74, 6) is -0.228. The molecule has 2 rings (SSSR count). The SMILES string of the molecule is COC(=O)[C@H]1Cc2nc[nH]c2CN1.Cl.Cl. The van der Waals surface area contributed by atoms with Crippen LogP contribution in [0.5, 0.6) is 0 Å². The highest BCUT2D eigenvalue weighted by Gasteiger charge is 2.25. The Labute approximate surface area is 99.8 Å². The van der Waals surface area contributed by atoms with E-state index in [9.17, 15) is 4.79 Å². The molecule has 0 unspecified atom stereocenters. The first kappa shape index (κ1) is 14.2. The number of methoxy groups -OCH3 is 1. The van der Waals surface area contributed by atoms with Gasteiger partial charge in [-0.05, 0) is 0 Å². The molecule has 0 saturated heterocycles. The maximum atomic E-state index is 11.2. The molecule has 0 bridgehead atoms. The molecule has 0 aliphatic carbocycles. The van der Waals surface area contributed by atoms with Crippen molar-refractivity contribution in [2.45, 2.75) is 19.0 Å². The second kappa shape index (κ2) is 5.95. The van der Waals surface area contributed by atoms with E-state index in [2.05, 4.69) is 20.0 Å². The highest BCUT2D eigenvalue weighted by atomic mass is 35.5. The standard InChI is InChI=1S/C8H11N3O2.2ClH/c1-13-8(12)6-2-5-7(3-9-6)11-4-10-5;;/h4,6,9H,2-3H2,1H3,(H,10,11);2*1H/t6-;;/m1../s1. The zero-order valence-corrected chi connectivity index (χ0v) is 9.78. The van der Waals surface area contributed by atoms with E-state index < -0.39 is 0 Å². The van der Waals surface area contributed by atoms with Crippen LogP contribution in [0, 0.1) is 0 Å². The number of aromatic amines is 1. The predicted molar refractivity (Wildman–Crippen MR) is 59.4 cm³/mol. The summed E-state index contributed by atoms with van der Waals surface area (Å²) in [6, 6.07) is -0.249. The third kappa shape index (κ3) is 2.84. The number of ether oxygens (including phenoxy) is 1. The van der Waals surface area contributed by atoms with Crippen molar-refractivity contribution < 1.29 is 9.53 Å². The van der Waals surface area contributed by atoms with Crippen molar-refractivity contribution in [1.29, 1.82) is 0 Å². The van der Waals surface area contributed by atoms with E-state index in [0.29, 0.717) is 13.0 Å². The summed E-state index contributed by atoms with van der Waals surface area (Å²) < 4.78 is 4.64. The molecule has 1 aromatic rings. The lowest BCUT2D eigenvalue weighted by Crippen LogP contribution is -2.42. The topological polar surface area (TPSA) is 67.0 Å². The summed E-state index contributed by atoms with van der Waals surface area (Å²) >= 11 is 0. The summed E-state index contributed by atoms with van der Waals surface area (Å²) in [7, 11) is 1.39. The molecule has 7 heteroatoms. The molecule has 0 aromatic carbocycles. The van der Waals surface area contributed by atoms with Crippen LogP contribution in [0.2, 0.25) is 0 Å². The first-order valence-electron chi connectivity index (χ1n) is 4.13. The number of H-pyrrole nitrogens is 1. The smallest absolute Gasteiger partial charge is 0.323 e. The minimum atomic E-state index is -0.249. The second-order valence-electron chi connectivity index (χ2n) is 2.99. The zero-order valence-electron chi connectivity index (χ0n) is 8.15. The van der Waals surface area contributed by atoms with Gasteiger partial charge in [-0.25, -0.2) is 4.98 Å².